The van der Waals surface area contributed by atoms with E-state index < -0.39 is 0 Å². The average Bonchev–Trinajstić information content (AvgIpc) is 2.56. The van der Waals surface area contributed by atoms with Crippen molar-refractivity contribution in [3.05, 3.63) is 10.4 Å². The third-order valence-electron chi connectivity index (χ3n) is 3.73. The van der Waals surface area contributed by atoms with Gasteiger partial charge in [-0.05, 0) is 31.7 Å². The lowest BCUT2D eigenvalue weighted by molar-refractivity contribution is -0.0729. The van der Waals surface area contributed by atoms with E-state index in [1.165, 1.54) is 0 Å². The van der Waals surface area contributed by atoms with Crippen molar-refractivity contribution in [3.8, 4) is 0 Å². The SMILES string of the molecule is CCOCCOCCOC(CCN=[N+]=[N-])C(C)C(C)OCC(C)C. The molecule has 0 aromatic heterocycles. The van der Waals surface area contributed by atoms with Crippen LogP contribution in [0.3, 0.4) is 0 Å². The van der Waals surface area contributed by atoms with Gasteiger partial charge in [-0.1, -0.05) is 25.9 Å². The fourth-order valence-electron chi connectivity index (χ4n) is 2.15. The molecule has 0 bridgehead atoms. The summed E-state index contributed by atoms with van der Waals surface area (Å²) in [5.74, 6) is 0.710. The van der Waals surface area contributed by atoms with Crippen LogP contribution >= 0.6 is 0 Å². The lowest BCUT2D eigenvalue weighted by Crippen LogP contribution is -2.34. The second-order valence-corrected chi connectivity index (χ2v) is 6.25. The molecule has 0 saturated carbocycles. The molecule has 0 spiro atoms. The Morgan fingerprint density at radius 2 is 1.62 bits per heavy atom. The maximum absolute atomic E-state index is 8.45. The third kappa shape index (κ3) is 12.6. The highest BCUT2D eigenvalue weighted by Gasteiger charge is 2.24. The monoisotopic (exact) mass is 345 g/mol. The topological polar surface area (TPSA) is 85.7 Å². The Bertz CT molecular complexity index is 336. The molecule has 0 radical (unpaired) electrons. The second-order valence-electron chi connectivity index (χ2n) is 6.25. The number of hydrogen-bond donors (Lipinski definition) is 0. The van der Waals surface area contributed by atoms with Gasteiger partial charge in [-0.25, -0.2) is 0 Å². The maximum Gasteiger partial charge on any atom is 0.0704 e. The summed E-state index contributed by atoms with van der Waals surface area (Å²) in [5, 5.41) is 3.62. The van der Waals surface area contributed by atoms with Crippen LogP contribution in [0.2, 0.25) is 0 Å². The van der Waals surface area contributed by atoms with E-state index in [4.69, 9.17) is 24.5 Å². The van der Waals surface area contributed by atoms with Crippen LogP contribution in [-0.2, 0) is 18.9 Å². The van der Waals surface area contributed by atoms with Crippen LogP contribution < -0.4 is 0 Å². The predicted octanol–water partition coefficient (Wildman–Crippen LogP) is 3.82. The van der Waals surface area contributed by atoms with Crippen molar-refractivity contribution in [1.29, 1.82) is 0 Å². The molecule has 0 heterocycles. The van der Waals surface area contributed by atoms with Crippen LogP contribution in [0, 0.1) is 11.8 Å². The van der Waals surface area contributed by atoms with E-state index in [1.54, 1.807) is 0 Å². The number of ether oxygens (including phenoxy) is 4. The Morgan fingerprint density at radius 1 is 0.958 bits per heavy atom. The lowest BCUT2D eigenvalue weighted by Gasteiger charge is -2.29. The predicted molar refractivity (Wildman–Crippen MR) is 95.1 cm³/mol. The Labute approximate surface area is 146 Å². The van der Waals surface area contributed by atoms with Crippen molar-refractivity contribution in [1.82, 2.24) is 0 Å². The molecule has 0 aliphatic heterocycles. The summed E-state index contributed by atoms with van der Waals surface area (Å²) < 4.78 is 22.5. The van der Waals surface area contributed by atoms with Crippen molar-refractivity contribution in [2.45, 2.75) is 53.2 Å². The lowest BCUT2D eigenvalue weighted by atomic mass is 9.96. The fourth-order valence-corrected chi connectivity index (χ4v) is 2.15. The molecule has 0 aromatic rings. The van der Waals surface area contributed by atoms with E-state index in [0.29, 0.717) is 51.9 Å². The summed E-state index contributed by atoms with van der Waals surface area (Å²) in [6.07, 6.45) is 0.745. The van der Waals surface area contributed by atoms with Gasteiger partial charge < -0.3 is 18.9 Å². The molecule has 3 atom stereocenters. The first kappa shape index (κ1) is 23.1. The molecule has 0 aliphatic carbocycles. The summed E-state index contributed by atoms with van der Waals surface area (Å²) in [7, 11) is 0. The summed E-state index contributed by atoms with van der Waals surface area (Å²) in [5.41, 5.74) is 8.45. The standard InChI is InChI=1S/C17H35N3O4/c1-6-21-9-10-22-11-12-23-17(7-8-19-20-18)15(4)16(5)24-13-14(2)3/h14-17H,6-13H2,1-5H3. The highest BCUT2D eigenvalue weighted by molar-refractivity contribution is 4.74. The van der Waals surface area contributed by atoms with Gasteiger partial charge in [0.25, 0.3) is 0 Å². The van der Waals surface area contributed by atoms with Crippen LogP contribution in [0.25, 0.3) is 10.4 Å². The van der Waals surface area contributed by atoms with E-state index in [0.717, 1.165) is 6.61 Å². The summed E-state index contributed by atoms with van der Waals surface area (Å²) in [4.78, 5) is 2.81. The zero-order valence-corrected chi connectivity index (χ0v) is 15.9. The molecule has 0 amide bonds. The van der Waals surface area contributed by atoms with Crippen molar-refractivity contribution in [2.75, 3.05) is 46.2 Å². The van der Waals surface area contributed by atoms with Crippen molar-refractivity contribution in [3.63, 3.8) is 0 Å². The molecular formula is C17H35N3O4. The molecule has 0 aromatic carbocycles. The molecule has 0 saturated heterocycles. The highest BCUT2D eigenvalue weighted by atomic mass is 16.5. The van der Waals surface area contributed by atoms with Gasteiger partial charge in [0.15, 0.2) is 0 Å². The summed E-state index contributed by atoms with van der Waals surface area (Å²) in [6, 6.07) is 0. The van der Waals surface area contributed by atoms with Gasteiger partial charge in [-0.15, -0.1) is 0 Å². The van der Waals surface area contributed by atoms with Gasteiger partial charge in [-0.3, -0.25) is 0 Å². The van der Waals surface area contributed by atoms with Crippen LogP contribution in [0.1, 0.15) is 41.0 Å². The largest absolute Gasteiger partial charge is 0.379 e. The first-order chi connectivity index (χ1) is 11.5. The van der Waals surface area contributed by atoms with Gasteiger partial charge in [-0.2, -0.15) is 0 Å². The minimum absolute atomic E-state index is 0.0202. The number of rotatable bonds is 16. The molecule has 0 aliphatic rings. The van der Waals surface area contributed by atoms with E-state index >= 15 is 0 Å². The Balaban J connectivity index is 4.21. The molecular weight excluding hydrogens is 310 g/mol. The zero-order chi connectivity index (χ0) is 18.2. The molecule has 0 rings (SSSR count). The molecule has 7 nitrogen and oxygen atoms in total. The molecule has 3 unspecified atom stereocenters. The molecule has 7 heteroatoms. The van der Waals surface area contributed by atoms with Crippen molar-refractivity contribution >= 4 is 0 Å². The van der Waals surface area contributed by atoms with Gasteiger partial charge in [0.05, 0.1) is 38.6 Å². The van der Waals surface area contributed by atoms with E-state index in [1.807, 2.05) is 6.92 Å². The fraction of sp³-hybridized carbons (Fsp3) is 1.00. The van der Waals surface area contributed by atoms with Gasteiger partial charge in [0, 0.05) is 30.6 Å². The van der Waals surface area contributed by atoms with Crippen LogP contribution in [0.5, 0.6) is 0 Å². The second kappa shape index (κ2) is 15.7. The average molecular weight is 345 g/mol. The number of hydrogen-bond acceptors (Lipinski definition) is 5. The minimum atomic E-state index is -0.0202. The summed E-state index contributed by atoms with van der Waals surface area (Å²) >= 11 is 0. The number of nitrogens with zero attached hydrogens (tertiary/aromatic N) is 3. The number of azide groups is 1. The normalized spacial score (nSPS) is 15.1. The zero-order valence-electron chi connectivity index (χ0n) is 15.9. The van der Waals surface area contributed by atoms with Gasteiger partial charge in [0.2, 0.25) is 0 Å². The maximum atomic E-state index is 8.45. The third-order valence-corrected chi connectivity index (χ3v) is 3.73. The van der Waals surface area contributed by atoms with Crippen LogP contribution in [0.4, 0.5) is 0 Å². The molecule has 0 fully saturated rings. The van der Waals surface area contributed by atoms with E-state index in [9.17, 15) is 0 Å². The molecule has 24 heavy (non-hydrogen) atoms. The first-order valence-corrected chi connectivity index (χ1v) is 8.92. The molecule has 0 N–H and O–H groups in total. The van der Waals surface area contributed by atoms with Gasteiger partial charge >= 0.3 is 0 Å². The van der Waals surface area contributed by atoms with Crippen molar-refractivity contribution < 1.29 is 18.9 Å². The van der Waals surface area contributed by atoms with Crippen LogP contribution in [0.15, 0.2) is 5.11 Å². The van der Waals surface area contributed by atoms with Crippen LogP contribution in [-0.4, -0.2) is 58.4 Å². The smallest absolute Gasteiger partial charge is 0.0704 e. The quantitative estimate of drug-likeness (QED) is 0.184. The first-order valence-electron chi connectivity index (χ1n) is 8.92. The Kier molecular flexibility index (Phi) is 15.1. The van der Waals surface area contributed by atoms with Crippen molar-refractivity contribution in [2.24, 2.45) is 17.0 Å². The highest BCUT2D eigenvalue weighted by Crippen LogP contribution is 2.19. The Hall–Kier alpha value is -0.850. The van der Waals surface area contributed by atoms with E-state index in [-0.39, 0.29) is 18.1 Å². The Morgan fingerprint density at radius 3 is 2.25 bits per heavy atom. The van der Waals surface area contributed by atoms with Gasteiger partial charge in [0.1, 0.15) is 0 Å². The minimum Gasteiger partial charge on any atom is -0.379 e. The van der Waals surface area contributed by atoms with E-state index in [2.05, 4.69) is 37.7 Å². The molecule has 142 valence electrons. The summed E-state index contributed by atoms with van der Waals surface area (Å²) in [6.45, 7) is 14.5.